The van der Waals surface area contributed by atoms with Gasteiger partial charge in [0.1, 0.15) is 5.82 Å². The fourth-order valence-corrected chi connectivity index (χ4v) is 2.87. The molecule has 1 aromatic heterocycles. The minimum atomic E-state index is 0.621. The van der Waals surface area contributed by atoms with Crippen LogP contribution in [0.1, 0.15) is 57.2 Å². The standard InChI is InChI=1S/C11H19N3S/c1-2-12-11-13-10(14-15-11)9-7-5-3-4-6-8-9/h9H,2-8H2,1H3,(H,12,13,14). The van der Waals surface area contributed by atoms with E-state index in [0.29, 0.717) is 5.92 Å². The van der Waals surface area contributed by atoms with E-state index in [4.69, 9.17) is 0 Å². The van der Waals surface area contributed by atoms with Crippen LogP contribution in [0.5, 0.6) is 0 Å². The molecule has 0 saturated heterocycles. The van der Waals surface area contributed by atoms with Gasteiger partial charge in [-0.1, -0.05) is 25.7 Å². The van der Waals surface area contributed by atoms with Crippen molar-refractivity contribution in [3.8, 4) is 0 Å². The molecule has 1 saturated carbocycles. The van der Waals surface area contributed by atoms with Crippen LogP contribution in [0.25, 0.3) is 0 Å². The summed E-state index contributed by atoms with van der Waals surface area (Å²) in [5, 5.41) is 4.21. The minimum absolute atomic E-state index is 0.621. The van der Waals surface area contributed by atoms with Crippen molar-refractivity contribution in [3.05, 3.63) is 5.82 Å². The number of aromatic nitrogens is 2. The van der Waals surface area contributed by atoms with Crippen LogP contribution in [0.2, 0.25) is 0 Å². The Balaban J connectivity index is 2.00. The topological polar surface area (TPSA) is 37.8 Å². The van der Waals surface area contributed by atoms with Gasteiger partial charge < -0.3 is 5.32 Å². The summed E-state index contributed by atoms with van der Waals surface area (Å²) >= 11 is 1.50. The second-order valence-electron chi connectivity index (χ2n) is 4.18. The first kappa shape index (κ1) is 10.9. The average molecular weight is 225 g/mol. The van der Waals surface area contributed by atoms with Gasteiger partial charge >= 0.3 is 0 Å². The summed E-state index contributed by atoms with van der Waals surface area (Å²) in [6.45, 7) is 3.02. The average Bonchev–Trinajstić information content (AvgIpc) is 2.53. The fraction of sp³-hybridized carbons (Fsp3) is 0.818. The molecule has 1 aliphatic carbocycles. The normalized spacial score (nSPS) is 18.7. The molecule has 0 radical (unpaired) electrons. The number of nitrogens with one attached hydrogen (secondary N) is 1. The third-order valence-corrected chi connectivity index (χ3v) is 3.68. The van der Waals surface area contributed by atoms with Crippen molar-refractivity contribution in [1.82, 2.24) is 9.36 Å². The largest absolute Gasteiger partial charge is 0.361 e. The van der Waals surface area contributed by atoms with Gasteiger partial charge in [0.15, 0.2) is 0 Å². The molecule has 0 aromatic carbocycles. The van der Waals surface area contributed by atoms with Crippen molar-refractivity contribution in [3.63, 3.8) is 0 Å². The molecule has 1 aromatic rings. The Morgan fingerprint density at radius 1 is 1.27 bits per heavy atom. The highest BCUT2D eigenvalue weighted by Crippen LogP contribution is 2.31. The third-order valence-electron chi connectivity index (χ3n) is 2.99. The van der Waals surface area contributed by atoms with E-state index in [9.17, 15) is 0 Å². The molecule has 84 valence electrons. The van der Waals surface area contributed by atoms with E-state index in [1.165, 1.54) is 50.1 Å². The van der Waals surface area contributed by atoms with Crippen molar-refractivity contribution >= 4 is 16.7 Å². The number of anilines is 1. The molecule has 1 heterocycles. The van der Waals surface area contributed by atoms with Crippen molar-refractivity contribution in [2.24, 2.45) is 0 Å². The van der Waals surface area contributed by atoms with Crippen molar-refractivity contribution in [2.45, 2.75) is 51.4 Å². The SMILES string of the molecule is CCNc1nc(C2CCCCCC2)ns1. The smallest absolute Gasteiger partial charge is 0.202 e. The Kier molecular flexibility index (Phi) is 3.94. The van der Waals surface area contributed by atoms with Crippen LogP contribution in [0.15, 0.2) is 0 Å². The summed E-state index contributed by atoms with van der Waals surface area (Å²) in [6.07, 6.45) is 8.03. The predicted molar refractivity (Wildman–Crippen MR) is 64.5 cm³/mol. The van der Waals surface area contributed by atoms with E-state index in [-0.39, 0.29) is 0 Å². The van der Waals surface area contributed by atoms with Crippen molar-refractivity contribution < 1.29 is 0 Å². The van der Waals surface area contributed by atoms with Crippen molar-refractivity contribution in [2.75, 3.05) is 11.9 Å². The lowest BCUT2D eigenvalue weighted by Gasteiger charge is -2.08. The van der Waals surface area contributed by atoms with Gasteiger partial charge in [-0.2, -0.15) is 4.37 Å². The van der Waals surface area contributed by atoms with Crippen LogP contribution in [0, 0.1) is 0 Å². The van der Waals surface area contributed by atoms with E-state index in [1.54, 1.807) is 0 Å². The molecule has 0 aliphatic heterocycles. The Hall–Kier alpha value is -0.640. The number of hydrogen-bond donors (Lipinski definition) is 1. The van der Waals surface area contributed by atoms with Crippen LogP contribution >= 0.6 is 11.5 Å². The molecule has 2 rings (SSSR count). The second kappa shape index (κ2) is 5.45. The Labute approximate surface area is 95.5 Å². The molecule has 1 fully saturated rings. The molecule has 0 spiro atoms. The molecule has 3 nitrogen and oxygen atoms in total. The maximum absolute atomic E-state index is 4.56. The molecule has 0 amide bonds. The minimum Gasteiger partial charge on any atom is -0.361 e. The van der Waals surface area contributed by atoms with Gasteiger partial charge in [-0.25, -0.2) is 4.98 Å². The zero-order valence-corrected chi connectivity index (χ0v) is 10.1. The lowest BCUT2D eigenvalue weighted by molar-refractivity contribution is 0.568. The zero-order chi connectivity index (χ0) is 10.5. The predicted octanol–water partition coefficient (Wildman–Crippen LogP) is 3.41. The Morgan fingerprint density at radius 3 is 2.67 bits per heavy atom. The first-order valence-electron chi connectivity index (χ1n) is 5.97. The number of hydrogen-bond acceptors (Lipinski definition) is 4. The molecular weight excluding hydrogens is 206 g/mol. The highest BCUT2D eigenvalue weighted by molar-refractivity contribution is 7.09. The molecule has 1 aliphatic rings. The highest BCUT2D eigenvalue weighted by atomic mass is 32.1. The van der Waals surface area contributed by atoms with E-state index < -0.39 is 0 Å². The summed E-state index contributed by atoms with van der Waals surface area (Å²) < 4.78 is 4.47. The molecule has 0 bridgehead atoms. The van der Waals surface area contributed by atoms with Gasteiger partial charge in [0.2, 0.25) is 5.13 Å². The summed E-state index contributed by atoms with van der Waals surface area (Å²) in [4.78, 5) is 4.56. The highest BCUT2D eigenvalue weighted by Gasteiger charge is 2.18. The van der Waals surface area contributed by atoms with Gasteiger partial charge in [-0.3, -0.25) is 0 Å². The quantitative estimate of drug-likeness (QED) is 0.801. The maximum atomic E-state index is 4.56. The van der Waals surface area contributed by atoms with Crippen LogP contribution in [0.4, 0.5) is 5.13 Å². The molecule has 15 heavy (non-hydrogen) atoms. The van der Waals surface area contributed by atoms with Gasteiger partial charge in [-0.05, 0) is 19.8 Å². The maximum Gasteiger partial charge on any atom is 0.202 e. The van der Waals surface area contributed by atoms with Crippen molar-refractivity contribution in [1.29, 1.82) is 0 Å². The summed E-state index contributed by atoms with van der Waals surface area (Å²) in [5.41, 5.74) is 0. The summed E-state index contributed by atoms with van der Waals surface area (Å²) in [6, 6.07) is 0. The zero-order valence-electron chi connectivity index (χ0n) is 9.33. The Morgan fingerprint density at radius 2 is 2.00 bits per heavy atom. The number of nitrogens with zero attached hydrogens (tertiary/aromatic N) is 2. The van der Waals surface area contributed by atoms with E-state index in [2.05, 4.69) is 21.6 Å². The van der Waals surface area contributed by atoms with E-state index in [0.717, 1.165) is 17.5 Å². The van der Waals surface area contributed by atoms with E-state index >= 15 is 0 Å². The van der Waals surface area contributed by atoms with Gasteiger partial charge in [0.05, 0.1) is 0 Å². The van der Waals surface area contributed by atoms with Crippen LogP contribution in [-0.4, -0.2) is 15.9 Å². The monoisotopic (exact) mass is 225 g/mol. The first-order chi connectivity index (χ1) is 7.40. The lowest BCUT2D eigenvalue weighted by atomic mass is 10.00. The second-order valence-corrected chi connectivity index (χ2v) is 4.93. The third kappa shape index (κ3) is 2.91. The van der Waals surface area contributed by atoms with Crippen LogP contribution < -0.4 is 5.32 Å². The number of rotatable bonds is 3. The van der Waals surface area contributed by atoms with Gasteiger partial charge in [0, 0.05) is 24.0 Å². The Bertz CT molecular complexity index is 290. The summed E-state index contributed by atoms with van der Waals surface area (Å²) in [7, 11) is 0. The van der Waals surface area contributed by atoms with Crippen LogP contribution in [0.3, 0.4) is 0 Å². The van der Waals surface area contributed by atoms with Crippen LogP contribution in [-0.2, 0) is 0 Å². The molecule has 0 unspecified atom stereocenters. The molecule has 0 atom stereocenters. The fourth-order valence-electron chi connectivity index (χ4n) is 2.16. The van der Waals surface area contributed by atoms with E-state index in [1.807, 2.05) is 0 Å². The first-order valence-corrected chi connectivity index (χ1v) is 6.75. The molecule has 1 N–H and O–H groups in total. The summed E-state index contributed by atoms with van der Waals surface area (Å²) in [5.74, 6) is 1.70. The molecular formula is C11H19N3S. The van der Waals surface area contributed by atoms with Gasteiger partial charge in [-0.15, -0.1) is 0 Å². The molecule has 4 heteroatoms. The van der Waals surface area contributed by atoms with Gasteiger partial charge in [0.25, 0.3) is 0 Å². The lowest BCUT2D eigenvalue weighted by Crippen LogP contribution is -2.01.